The zero-order valence-corrected chi connectivity index (χ0v) is 13.8. The van der Waals surface area contributed by atoms with Gasteiger partial charge in [-0.1, -0.05) is 12.1 Å². The van der Waals surface area contributed by atoms with Crippen LogP contribution in [0.25, 0.3) is 0 Å². The maximum Gasteiger partial charge on any atom is 0.337 e. The first kappa shape index (κ1) is 16.9. The number of sulfonamides is 1. The number of esters is 1. The smallest absolute Gasteiger partial charge is 0.337 e. The summed E-state index contributed by atoms with van der Waals surface area (Å²) in [6, 6.07) is 7.92. The SMILES string of the molecule is COC(=O)c1ccc(CS(=O)(=O)Nc2nc(C)cc(C)n2)cc1. The Bertz CT molecular complexity index is 797. The molecule has 1 heterocycles. The van der Waals surface area contributed by atoms with E-state index in [4.69, 9.17) is 0 Å². The van der Waals surface area contributed by atoms with Crippen molar-refractivity contribution in [1.29, 1.82) is 0 Å². The highest BCUT2D eigenvalue weighted by Crippen LogP contribution is 2.12. The predicted molar refractivity (Wildman–Crippen MR) is 85.5 cm³/mol. The summed E-state index contributed by atoms with van der Waals surface area (Å²) in [6.07, 6.45) is 0. The van der Waals surface area contributed by atoms with Gasteiger partial charge in [-0.05, 0) is 37.6 Å². The Hall–Kier alpha value is -2.48. The van der Waals surface area contributed by atoms with Gasteiger partial charge in [-0.2, -0.15) is 0 Å². The van der Waals surface area contributed by atoms with Gasteiger partial charge in [0.15, 0.2) is 0 Å². The van der Waals surface area contributed by atoms with Gasteiger partial charge >= 0.3 is 5.97 Å². The summed E-state index contributed by atoms with van der Waals surface area (Å²) in [4.78, 5) is 19.4. The standard InChI is InChI=1S/C15H17N3O4S/c1-10-8-11(2)17-15(16-10)18-23(20,21)9-12-4-6-13(7-5-12)14(19)22-3/h4-8H,9H2,1-3H3,(H,16,17,18). The summed E-state index contributed by atoms with van der Waals surface area (Å²) in [5, 5.41) is 0. The zero-order chi connectivity index (χ0) is 17.0. The molecule has 0 amide bonds. The van der Waals surface area contributed by atoms with Crippen molar-refractivity contribution in [2.75, 3.05) is 11.8 Å². The first-order valence-corrected chi connectivity index (χ1v) is 8.44. The number of benzene rings is 1. The van der Waals surface area contributed by atoms with Gasteiger partial charge in [-0.3, -0.25) is 4.72 Å². The Morgan fingerprint density at radius 1 is 1.13 bits per heavy atom. The summed E-state index contributed by atoms with van der Waals surface area (Å²) >= 11 is 0. The van der Waals surface area contributed by atoms with Gasteiger partial charge < -0.3 is 4.74 Å². The van der Waals surface area contributed by atoms with Crippen LogP contribution in [0.4, 0.5) is 5.95 Å². The van der Waals surface area contributed by atoms with Crippen molar-refractivity contribution in [3.8, 4) is 0 Å². The van der Waals surface area contributed by atoms with Gasteiger partial charge in [0.05, 0.1) is 18.4 Å². The number of carbonyl (C=O) groups is 1. The zero-order valence-electron chi connectivity index (χ0n) is 13.0. The fraction of sp³-hybridized carbons (Fsp3) is 0.267. The van der Waals surface area contributed by atoms with Crippen molar-refractivity contribution in [2.45, 2.75) is 19.6 Å². The van der Waals surface area contributed by atoms with Crippen LogP contribution in [0.2, 0.25) is 0 Å². The van der Waals surface area contributed by atoms with Crippen LogP contribution in [0.1, 0.15) is 27.3 Å². The van der Waals surface area contributed by atoms with Crippen molar-refractivity contribution in [3.63, 3.8) is 0 Å². The van der Waals surface area contributed by atoms with Crippen molar-refractivity contribution in [2.24, 2.45) is 0 Å². The van der Waals surface area contributed by atoms with Gasteiger partial charge in [-0.15, -0.1) is 0 Å². The Morgan fingerprint density at radius 2 is 1.70 bits per heavy atom. The van der Waals surface area contributed by atoms with E-state index in [0.29, 0.717) is 22.5 Å². The quantitative estimate of drug-likeness (QED) is 0.837. The van der Waals surface area contributed by atoms with Crippen LogP contribution in [0.5, 0.6) is 0 Å². The summed E-state index contributed by atoms with van der Waals surface area (Å²) in [5.74, 6) is -0.667. The maximum absolute atomic E-state index is 12.2. The van der Waals surface area contributed by atoms with Crippen LogP contribution in [0, 0.1) is 13.8 Å². The molecule has 0 unspecified atom stereocenters. The molecule has 0 spiro atoms. The molecule has 0 saturated carbocycles. The number of anilines is 1. The van der Waals surface area contributed by atoms with E-state index in [0.717, 1.165) is 0 Å². The van der Waals surface area contributed by atoms with Crippen LogP contribution in [0.3, 0.4) is 0 Å². The lowest BCUT2D eigenvalue weighted by atomic mass is 10.1. The molecule has 0 fully saturated rings. The van der Waals surface area contributed by atoms with E-state index < -0.39 is 16.0 Å². The van der Waals surface area contributed by atoms with Gasteiger partial charge in [-0.25, -0.2) is 23.2 Å². The van der Waals surface area contributed by atoms with Crippen LogP contribution in [-0.4, -0.2) is 31.5 Å². The molecule has 7 nitrogen and oxygen atoms in total. The summed E-state index contributed by atoms with van der Waals surface area (Å²) in [6.45, 7) is 3.52. The molecule has 0 aliphatic heterocycles. The molecule has 2 rings (SSSR count). The Labute approximate surface area is 134 Å². The number of ether oxygens (including phenoxy) is 1. The highest BCUT2D eigenvalue weighted by molar-refractivity contribution is 7.91. The molecule has 1 aromatic heterocycles. The lowest BCUT2D eigenvalue weighted by Crippen LogP contribution is -2.17. The molecule has 2 aromatic rings. The number of carbonyl (C=O) groups excluding carboxylic acids is 1. The average molecular weight is 335 g/mol. The number of rotatable bonds is 5. The number of nitrogens with zero attached hydrogens (tertiary/aromatic N) is 2. The third-order valence-corrected chi connectivity index (χ3v) is 4.17. The molecule has 122 valence electrons. The van der Waals surface area contributed by atoms with Crippen LogP contribution < -0.4 is 4.72 Å². The van der Waals surface area contributed by atoms with Crippen LogP contribution in [-0.2, 0) is 20.5 Å². The topological polar surface area (TPSA) is 98.2 Å². The molecule has 23 heavy (non-hydrogen) atoms. The Balaban J connectivity index is 2.13. The summed E-state index contributed by atoms with van der Waals surface area (Å²) < 4.78 is 31.3. The molecule has 0 aliphatic carbocycles. The molecular formula is C15H17N3O4S. The van der Waals surface area contributed by atoms with Crippen LogP contribution in [0.15, 0.2) is 30.3 Å². The lowest BCUT2D eigenvalue weighted by molar-refractivity contribution is 0.0600. The van der Waals surface area contributed by atoms with E-state index >= 15 is 0 Å². The van der Waals surface area contributed by atoms with Crippen molar-refractivity contribution in [1.82, 2.24) is 9.97 Å². The number of hydrogen-bond donors (Lipinski definition) is 1. The van der Waals surface area contributed by atoms with Gasteiger partial charge in [0.1, 0.15) is 0 Å². The summed E-state index contributed by atoms with van der Waals surface area (Å²) in [5.41, 5.74) is 2.25. The van der Waals surface area contributed by atoms with E-state index in [1.807, 2.05) is 0 Å². The maximum atomic E-state index is 12.2. The molecule has 0 bridgehead atoms. The molecule has 0 aliphatic rings. The second-order valence-corrected chi connectivity index (χ2v) is 6.75. The number of aromatic nitrogens is 2. The molecular weight excluding hydrogens is 318 g/mol. The third kappa shape index (κ3) is 4.75. The Kier molecular flexibility index (Phi) is 4.95. The van der Waals surface area contributed by atoms with Crippen LogP contribution >= 0.6 is 0 Å². The van der Waals surface area contributed by atoms with Crippen molar-refractivity contribution in [3.05, 3.63) is 52.8 Å². The lowest BCUT2D eigenvalue weighted by Gasteiger charge is -2.08. The van der Waals surface area contributed by atoms with E-state index in [2.05, 4.69) is 19.4 Å². The minimum atomic E-state index is -3.65. The molecule has 0 radical (unpaired) electrons. The molecule has 0 saturated heterocycles. The van der Waals surface area contributed by atoms with Gasteiger partial charge in [0.25, 0.3) is 0 Å². The van der Waals surface area contributed by atoms with E-state index in [1.54, 1.807) is 32.0 Å². The van der Waals surface area contributed by atoms with Gasteiger partial charge in [0, 0.05) is 11.4 Å². The van der Waals surface area contributed by atoms with E-state index in [1.165, 1.54) is 19.2 Å². The average Bonchev–Trinajstić information content (AvgIpc) is 2.45. The largest absolute Gasteiger partial charge is 0.465 e. The normalized spacial score (nSPS) is 11.1. The minimum Gasteiger partial charge on any atom is -0.465 e. The highest BCUT2D eigenvalue weighted by Gasteiger charge is 2.14. The fourth-order valence-electron chi connectivity index (χ4n) is 2.02. The molecule has 1 N–H and O–H groups in total. The fourth-order valence-corrected chi connectivity index (χ4v) is 3.09. The van der Waals surface area contributed by atoms with E-state index in [9.17, 15) is 13.2 Å². The second-order valence-electron chi connectivity index (χ2n) is 5.02. The Morgan fingerprint density at radius 3 is 2.22 bits per heavy atom. The molecule has 8 heteroatoms. The monoisotopic (exact) mass is 335 g/mol. The number of aryl methyl sites for hydroxylation is 2. The second kappa shape index (κ2) is 6.74. The number of hydrogen-bond acceptors (Lipinski definition) is 6. The van der Waals surface area contributed by atoms with E-state index in [-0.39, 0.29) is 11.7 Å². The minimum absolute atomic E-state index is 0.0497. The summed E-state index contributed by atoms with van der Waals surface area (Å²) in [7, 11) is -2.36. The molecule has 1 aromatic carbocycles. The number of nitrogens with one attached hydrogen (secondary N) is 1. The highest BCUT2D eigenvalue weighted by atomic mass is 32.2. The van der Waals surface area contributed by atoms with Crippen molar-refractivity contribution < 1.29 is 17.9 Å². The third-order valence-electron chi connectivity index (χ3n) is 2.96. The first-order chi connectivity index (χ1) is 10.8. The predicted octanol–water partition coefficient (Wildman–Crippen LogP) is 1.82. The molecule has 0 atom stereocenters. The first-order valence-electron chi connectivity index (χ1n) is 6.79. The van der Waals surface area contributed by atoms with Gasteiger partial charge in [0.2, 0.25) is 16.0 Å². The number of methoxy groups -OCH3 is 1. The van der Waals surface area contributed by atoms with Crippen molar-refractivity contribution >= 4 is 21.9 Å².